The van der Waals surface area contributed by atoms with E-state index in [1.165, 1.54) is 0 Å². The number of hydrogen-bond acceptors (Lipinski definition) is 3. The number of anilines is 1. The van der Waals surface area contributed by atoms with E-state index in [1.807, 2.05) is 12.1 Å². The fourth-order valence-electron chi connectivity index (χ4n) is 1.81. The summed E-state index contributed by atoms with van der Waals surface area (Å²) in [6.07, 6.45) is 0. The first-order chi connectivity index (χ1) is 9.63. The van der Waals surface area contributed by atoms with Crippen molar-refractivity contribution >= 4 is 28.9 Å². The van der Waals surface area contributed by atoms with Crippen molar-refractivity contribution in [2.45, 2.75) is 6.54 Å². The second-order valence-corrected chi connectivity index (χ2v) is 4.96. The molecule has 20 heavy (non-hydrogen) atoms. The van der Waals surface area contributed by atoms with Crippen LogP contribution in [0.5, 0.6) is 5.75 Å². The number of hydrogen-bond donors (Lipinski definition) is 1. The topological polar surface area (TPSA) is 45.0 Å². The molecule has 0 aromatic heterocycles. The molecule has 0 amide bonds. The summed E-state index contributed by atoms with van der Waals surface area (Å²) in [5, 5.41) is 13.3. The van der Waals surface area contributed by atoms with Crippen LogP contribution in [-0.4, -0.2) is 7.11 Å². The SMILES string of the molecule is COc1ccc(Cl)cc1CNc1cc(C#N)ccc1Cl. The van der Waals surface area contributed by atoms with Crippen LogP contribution in [0.15, 0.2) is 36.4 Å². The Balaban J connectivity index is 2.21. The zero-order valence-corrected chi connectivity index (χ0v) is 12.3. The molecule has 1 N–H and O–H groups in total. The van der Waals surface area contributed by atoms with Gasteiger partial charge in [0.25, 0.3) is 0 Å². The second kappa shape index (κ2) is 6.51. The Morgan fingerprint density at radius 2 is 2.00 bits per heavy atom. The number of benzene rings is 2. The fourth-order valence-corrected chi connectivity index (χ4v) is 2.19. The number of nitrogens with one attached hydrogen (secondary N) is 1. The normalized spacial score (nSPS) is 9.90. The lowest BCUT2D eigenvalue weighted by atomic mass is 10.1. The van der Waals surface area contributed by atoms with E-state index < -0.39 is 0 Å². The van der Waals surface area contributed by atoms with Gasteiger partial charge in [-0.3, -0.25) is 0 Å². The third-order valence-corrected chi connectivity index (χ3v) is 3.37. The van der Waals surface area contributed by atoms with Crippen molar-refractivity contribution in [2.75, 3.05) is 12.4 Å². The molecule has 0 atom stereocenters. The van der Waals surface area contributed by atoms with Crippen LogP contribution in [0.2, 0.25) is 10.0 Å². The Morgan fingerprint density at radius 3 is 2.70 bits per heavy atom. The summed E-state index contributed by atoms with van der Waals surface area (Å²) in [6, 6.07) is 12.6. The Labute approximate surface area is 127 Å². The highest BCUT2D eigenvalue weighted by Gasteiger charge is 2.06. The molecule has 0 heterocycles. The summed E-state index contributed by atoms with van der Waals surface area (Å²) < 4.78 is 5.28. The first-order valence-electron chi connectivity index (χ1n) is 5.90. The molecule has 0 bridgehead atoms. The summed E-state index contributed by atoms with van der Waals surface area (Å²) in [7, 11) is 1.61. The van der Waals surface area contributed by atoms with Gasteiger partial charge in [-0.1, -0.05) is 23.2 Å². The zero-order chi connectivity index (χ0) is 14.5. The minimum atomic E-state index is 0.498. The maximum atomic E-state index is 8.90. The van der Waals surface area contributed by atoms with E-state index in [2.05, 4.69) is 11.4 Å². The molecule has 3 nitrogen and oxygen atoms in total. The van der Waals surface area contributed by atoms with Gasteiger partial charge in [-0.15, -0.1) is 0 Å². The van der Waals surface area contributed by atoms with E-state index in [0.717, 1.165) is 11.3 Å². The summed E-state index contributed by atoms with van der Waals surface area (Å²) in [4.78, 5) is 0. The molecule has 2 rings (SSSR count). The van der Waals surface area contributed by atoms with Crippen LogP contribution in [0.4, 0.5) is 5.69 Å². The van der Waals surface area contributed by atoms with E-state index in [4.69, 9.17) is 33.2 Å². The third kappa shape index (κ3) is 3.36. The third-order valence-electron chi connectivity index (χ3n) is 2.81. The minimum Gasteiger partial charge on any atom is -0.496 e. The Kier molecular flexibility index (Phi) is 4.73. The lowest BCUT2D eigenvalue weighted by Gasteiger charge is -2.12. The maximum Gasteiger partial charge on any atom is 0.123 e. The Bertz CT molecular complexity index is 663. The molecule has 0 unspecified atom stereocenters. The molecule has 2 aromatic rings. The molecular weight excluding hydrogens is 295 g/mol. The summed E-state index contributed by atoms with van der Waals surface area (Å²) in [5.41, 5.74) is 2.17. The predicted octanol–water partition coefficient (Wildman–Crippen LogP) is 4.49. The van der Waals surface area contributed by atoms with Gasteiger partial charge < -0.3 is 10.1 Å². The van der Waals surface area contributed by atoms with E-state index in [-0.39, 0.29) is 0 Å². The lowest BCUT2D eigenvalue weighted by Crippen LogP contribution is -2.02. The molecule has 0 spiro atoms. The molecule has 102 valence electrons. The smallest absolute Gasteiger partial charge is 0.123 e. The number of halogens is 2. The number of nitrogens with zero attached hydrogens (tertiary/aromatic N) is 1. The molecule has 0 aliphatic rings. The standard InChI is InChI=1S/C15H12Cl2N2O/c1-20-15-5-3-12(16)7-11(15)9-19-14-6-10(8-18)2-4-13(14)17/h2-7,19H,9H2,1H3. The van der Waals surface area contributed by atoms with E-state index in [1.54, 1.807) is 31.4 Å². The van der Waals surface area contributed by atoms with Gasteiger partial charge in [-0.2, -0.15) is 5.26 Å². The Hall–Kier alpha value is -1.89. The van der Waals surface area contributed by atoms with Crippen molar-refractivity contribution in [1.82, 2.24) is 0 Å². The van der Waals surface area contributed by atoms with Crippen LogP contribution in [0, 0.1) is 11.3 Å². The molecule has 0 aliphatic heterocycles. The maximum absolute atomic E-state index is 8.90. The van der Waals surface area contributed by atoms with E-state index >= 15 is 0 Å². The zero-order valence-electron chi connectivity index (χ0n) is 10.8. The second-order valence-electron chi connectivity index (χ2n) is 4.12. The quantitative estimate of drug-likeness (QED) is 0.905. The number of nitriles is 1. The number of rotatable bonds is 4. The van der Waals surface area contributed by atoms with Crippen molar-refractivity contribution in [3.8, 4) is 11.8 Å². The molecule has 0 saturated carbocycles. The van der Waals surface area contributed by atoms with Crippen molar-refractivity contribution in [2.24, 2.45) is 0 Å². The van der Waals surface area contributed by atoms with Gasteiger partial charge in [0.15, 0.2) is 0 Å². The highest BCUT2D eigenvalue weighted by atomic mass is 35.5. The van der Waals surface area contributed by atoms with Gasteiger partial charge >= 0.3 is 0 Å². The molecule has 0 aliphatic carbocycles. The van der Waals surface area contributed by atoms with Gasteiger partial charge in [-0.25, -0.2) is 0 Å². The number of ether oxygens (including phenoxy) is 1. The first kappa shape index (κ1) is 14.5. The van der Waals surface area contributed by atoms with Crippen LogP contribution in [0.25, 0.3) is 0 Å². The fraction of sp³-hybridized carbons (Fsp3) is 0.133. The van der Waals surface area contributed by atoms with Crippen LogP contribution in [-0.2, 0) is 6.54 Å². The van der Waals surface area contributed by atoms with Gasteiger partial charge in [0.1, 0.15) is 5.75 Å². The van der Waals surface area contributed by atoms with Crippen molar-refractivity contribution in [3.63, 3.8) is 0 Å². The van der Waals surface area contributed by atoms with Crippen LogP contribution < -0.4 is 10.1 Å². The molecule has 0 fully saturated rings. The summed E-state index contributed by atoms with van der Waals surface area (Å²) in [5.74, 6) is 0.745. The van der Waals surface area contributed by atoms with Gasteiger partial charge in [0, 0.05) is 17.1 Å². The van der Waals surface area contributed by atoms with Crippen LogP contribution in [0.1, 0.15) is 11.1 Å². The summed E-state index contributed by atoms with van der Waals surface area (Å²) in [6.45, 7) is 0.498. The molecule has 5 heteroatoms. The van der Waals surface area contributed by atoms with Gasteiger partial charge in [-0.05, 0) is 36.4 Å². The Morgan fingerprint density at radius 1 is 1.20 bits per heavy atom. The highest BCUT2D eigenvalue weighted by molar-refractivity contribution is 6.33. The number of methoxy groups -OCH3 is 1. The predicted molar refractivity (Wildman–Crippen MR) is 81.5 cm³/mol. The van der Waals surface area contributed by atoms with Gasteiger partial charge in [0.05, 0.1) is 29.5 Å². The van der Waals surface area contributed by atoms with Crippen LogP contribution in [0.3, 0.4) is 0 Å². The monoisotopic (exact) mass is 306 g/mol. The van der Waals surface area contributed by atoms with Gasteiger partial charge in [0.2, 0.25) is 0 Å². The van der Waals surface area contributed by atoms with E-state index in [0.29, 0.717) is 27.8 Å². The largest absolute Gasteiger partial charge is 0.496 e. The van der Waals surface area contributed by atoms with E-state index in [9.17, 15) is 0 Å². The average molecular weight is 307 g/mol. The summed E-state index contributed by atoms with van der Waals surface area (Å²) >= 11 is 12.1. The van der Waals surface area contributed by atoms with Crippen molar-refractivity contribution in [3.05, 3.63) is 57.6 Å². The molecule has 2 aromatic carbocycles. The lowest BCUT2D eigenvalue weighted by molar-refractivity contribution is 0.410. The van der Waals surface area contributed by atoms with Crippen LogP contribution >= 0.6 is 23.2 Å². The molecule has 0 radical (unpaired) electrons. The highest BCUT2D eigenvalue weighted by Crippen LogP contribution is 2.26. The van der Waals surface area contributed by atoms with Crippen molar-refractivity contribution < 1.29 is 4.74 Å². The first-order valence-corrected chi connectivity index (χ1v) is 6.65. The molecule has 0 saturated heterocycles. The van der Waals surface area contributed by atoms with Crippen molar-refractivity contribution in [1.29, 1.82) is 5.26 Å². The minimum absolute atomic E-state index is 0.498. The molecular formula is C15H12Cl2N2O. The average Bonchev–Trinajstić information content (AvgIpc) is 2.46.